The van der Waals surface area contributed by atoms with E-state index in [1.54, 1.807) is 0 Å². The van der Waals surface area contributed by atoms with Crippen molar-refractivity contribution in [2.45, 2.75) is 26.5 Å². The van der Waals surface area contributed by atoms with Gasteiger partial charge >= 0.3 is 6.09 Å². The Morgan fingerprint density at radius 1 is 1.50 bits per heavy atom. The molecule has 0 spiro atoms. The highest BCUT2D eigenvalue weighted by atomic mass is 16.6. The lowest BCUT2D eigenvalue weighted by Crippen LogP contribution is -2.26. The second-order valence-electron chi connectivity index (χ2n) is 4.01. The first-order valence-electron chi connectivity index (χ1n) is 5.84. The molecule has 3 N–H and O–H groups in total. The average Bonchev–Trinajstić information content (AvgIpc) is 2.33. The SMILES string of the molecule is CC(C)OC(=O)NCc1cccc(C#CCN)c1. The summed E-state index contributed by atoms with van der Waals surface area (Å²) in [6.07, 6.45) is -0.532. The Bertz CT molecular complexity index is 458. The molecule has 1 aromatic carbocycles. The van der Waals surface area contributed by atoms with Crippen LogP contribution in [0.25, 0.3) is 0 Å². The number of nitrogens with one attached hydrogen (secondary N) is 1. The second kappa shape index (κ2) is 7.36. The van der Waals surface area contributed by atoms with Crippen LogP contribution in [0.1, 0.15) is 25.0 Å². The van der Waals surface area contributed by atoms with Crippen molar-refractivity contribution in [1.82, 2.24) is 5.32 Å². The van der Waals surface area contributed by atoms with Gasteiger partial charge in [-0.25, -0.2) is 4.79 Å². The van der Waals surface area contributed by atoms with Crippen molar-refractivity contribution < 1.29 is 9.53 Å². The summed E-state index contributed by atoms with van der Waals surface area (Å²) in [4.78, 5) is 11.3. The van der Waals surface area contributed by atoms with Crippen LogP contribution in [0.5, 0.6) is 0 Å². The number of hydrogen-bond donors (Lipinski definition) is 2. The van der Waals surface area contributed by atoms with E-state index in [0.29, 0.717) is 13.1 Å². The third-order valence-electron chi connectivity index (χ3n) is 2.04. The van der Waals surface area contributed by atoms with Gasteiger partial charge in [0, 0.05) is 12.1 Å². The van der Waals surface area contributed by atoms with E-state index < -0.39 is 6.09 Å². The predicted molar refractivity (Wildman–Crippen MR) is 70.8 cm³/mol. The number of carbonyl (C=O) groups is 1. The molecule has 4 nitrogen and oxygen atoms in total. The molecule has 4 heteroatoms. The molecule has 0 aliphatic heterocycles. The quantitative estimate of drug-likeness (QED) is 0.797. The Morgan fingerprint density at radius 3 is 2.94 bits per heavy atom. The van der Waals surface area contributed by atoms with Crippen molar-refractivity contribution in [3.8, 4) is 11.8 Å². The van der Waals surface area contributed by atoms with Crippen LogP contribution in [0.2, 0.25) is 0 Å². The topological polar surface area (TPSA) is 64.3 Å². The van der Waals surface area contributed by atoms with Gasteiger partial charge in [-0.1, -0.05) is 24.0 Å². The molecule has 0 atom stereocenters. The maximum Gasteiger partial charge on any atom is 0.407 e. The number of ether oxygens (including phenoxy) is 1. The molecule has 0 aromatic heterocycles. The fourth-order valence-electron chi connectivity index (χ4n) is 1.34. The highest BCUT2D eigenvalue weighted by Gasteiger charge is 2.04. The number of carbonyl (C=O) groups excluding carboxylic acids is 1. The molecule has 1 amide bonds. The smallest absolute Gasteiger partial charge is 0.407 e. The van der Waals surface area contributed by atoms with Gasteiger partial charge in [-0.15, -0.1) is 0 Å². The number of hydrogen-bond acceptors (Lipinski definition) is 3. The van der Waals surface area contributed by atoms with Gasteiger partial charge in [0.05, 0.1) is 12.6 Å². The number of amides is 1. The Kier molecular flexibility index (Phi) is 5.75. The maximum absolute atomic E-state index is 11.3. The normalized spacial score (nSPS) is 9.56. The first-order valence-corrected chi connectivity index (χ1v) is 5.84. The zero-order valence-electron chi connectivity index (χ0n) is 10.7. The van der Waals surface area contributed by atoms with Crippen LogP contribution in [-0.2, 0) is 11.3 Å². The molecule has 96 valence electrons. The molecule has 0 heterocycles. The minimum absolute atomic E-state index is 0.119. The van der Waals surface area contributed by atoms with E-state index in [2.05, 4.69) is 17.2 Å². The molecular weight excluding hydrogens is 228 g/mol. The Balaban J connectivity index is 2.55. The van der Waals surface area contributed by atoms with E-state index in [1.165, 1.54) is 0 Å². The molecule has 0 unspecified atom stereocenters. The molecular formula is C14H18N2O2. The van der Waals surface area contributed by atoms with E-state index in [0.717, 1.165) is 11.1 Å². The molecule has 0 aliphatic carbocycles. The summed E-state index contributed by atoms with van der Waals surface area (Å²) < 4.78 is 4.97. The molecule has 18 heavy (non-hydrogen) atoms. The summed E-state index contributed by atoms with van der Waals surface area (Å²) in [5, 5.41) is 2.68. The maximum atomic E-state index is 11.3. The first-order chi connectivity index (χ1) is 8.61. The molecule has 0 aliphatic rings. The van der Waals surface area contributed by atoms with Crippen molar-refractivity contribution in [2.24, 2.45) is 5.73 Å². The van der Waals surface area contributed by atoms with Crippen molar-refractivity contribution in [3.63, 3.8) is 0 Å². The average molecular weight is 246 g/mol. The molecule has 1 aromatic rings. The molecule has 0 fully saturated rings. The van der Waals surface area contributed by atoms with Crippen LogP contribution in [-0.4, -0.2) is 18.7 Å². The standard InChI is InChI=1S/C14H18N2O2/c1-11(2)18-14(17)16-10-13-6-3-5-12(9-13)7-4-8-15/h3,5-6,9,11H,8,10,15H2,1-2H3,(H,16,17). The summed E-state index contributed by atoms with van der Waals surface area (Å²) in [6, 6.07) is 7.63. The largest absolute Gasteiger partial charge is 0.447 e. The van der Waals surface area contributed by atoms with Crippen molar-refractivity contribution in [1.29, 1.82) is 0 Å². The van der Waals surface area contributed by atoms with E-state index in [9.17, 15) is 4.79 Å². The van der Waals surface area contributed by atoms with Gasteiger partial charge in [0.2, 0.25) is 0 Å². The highest BCUT2D eigenvalue weighted by Crippen LogP contribution is 2.04. The minimum atomic E-state index is -0.413. The lowest BCUT2D eigenvalue weighted by molar-refractivity contribution is 0.115. The number of nitrogens with two attached hydrogens (primary N) is 1. The fourth-order valence-corrected chi connectivity index (χ4v) is 1.34. The number of alkyl carbamates (subject to hydrolysis) is 1. The lowest BCUT2D eigenvalue weighted by atomic mass is 10.1. The second-order valence-corrected chi connectivity index (χ2v) is 4.01. The molecule has 0 bridgehead atoms. The summed E-state index contributed by atoms with van der Waals surface area (Å²) in [6.45, 7) is 4.37. The van der Waals surface area contributed by atoms with Gasteiger partial charge in [0.1, 0.15) is 0 Å². The van der Waals surface area contributed by atoms with Gasteiger partial charge in [0.15, 0.2) is 0 Å². The van der Waals surface area contributed by atoms with E-state index in [4.69, 9.17) is 10.5 Å². The van der Waals surface area contributed by atoms with Crippen molar-refractivity contribution >= 4 is 6.09 Å². The Labute approximate surface area is 108 Å². The van der Waals surface area contributed by atoms with Gasteiger partial charge in [-0.3, -0.25) is 0 Å². The third-order valence-corrected chi connectivity index (χ3v) is 2.04. The van der Waals surface area contributed by atoms with Gasteiger partial charge in [0.25, 0.3) is 0 Å². The van der Waals surface area contributed by atoms with Crippen LogP contribution in [0, 0.1) is 11.8 Å². The summed E-state index contributed by atoms with van der Waals surface area (Å²) >= 11 is 0. The van der Waals surface area contributed by atoms with Crippen LogP contribution < -0.4 is 11.1 Å². The van der Waals surface area contributed by atoms with Gasteiger partial charge in [-0.05, 0) is 31.5 Å². The third kappa shape index (κ3) is 5.37. The molecule has 0 saturated heterocycles. The number of rotatable bonds is 3. The molecule has 1 rings (SSSR count). The molecule has 0 saturated carbocycles. The summed E-state index contributed by atoms with van der Waals surface area (Å²) in [5.41, 5.74) is 7.17. The summed E-state index contributed by atoms with van der Waals surface area (Å²) in [7, 11) is 0. The van der Waals surface area contributed by atoms with Gasteiger partial charge < -0.3 is 15.8 Å². The predicted octanol–water partition coefficient (Wildman–Crippen LogP) is 1.63. The van der Waals surface area contributed by atoms with E-state index >= 15 is 0 Å². The number of benzene rings is 1. The molecule has 0 radical (unpaired) electrons. The monoisotopic (exact) mass is 246 g/mol. The van der Waals surface area contributed by atoms with E-state index in [1.807, 2.05) is 38.1 Å². The van der Waals surface area contributed by atoms with Crippen molar-refractivity contribution in [2.75, 3.05) is 6.54 Å². The highest BCUT2D eigenvalue weighted by molar-refractivity contribution is 5.67. The zero-order chi connectivity index (χ0) is 13.4. The fraction of sp³-hybridized carbons (Fsp3) is 0.357. The first kappa shape index (κ1) is 14.1. The van der Waals surface area contributed by atoms with Crippen molar-refractivity contribution in [3.05, 3.63) is 35.4 Å². The van der Waals surface area contributed by atoms with E-state index in [-0.39, 0.29) is 6.10 Å². The lowest BCUT2D eigenvalue weighted by Gasteiger charge is -2.09. The van der Waals surface area contributed by atoms with Crippen LogP contribution in [0.4, 0.5) is 4.79 Å². The van der Waals surface area contributed by atoms with Gasteiger partial charge in [-0.2, -0.15) is 0 Å². The minimum Gasteiger partial charge on any atom is -0.447 e. The zero-order valence-corrected chi connectivity index (χ0v) is 10.7. The van der Waals surface area contributed by atoms with Crippen LogP contribution in [0.3, 0.4) is 0 Å². The Hall–Kier alpha value is -1.99. The van der Waals surface area contributed by atoms with Crippen LogP contribution in [0.15, 0.2) is 24.3 Å². The van der Waals surface area contributed by atoms with Crippen LogP contribution >= 0.6 is 0 Å². The summed E-state index contributed by atoms with van der Waals surface area (Å²) in [5.74, 6) is 5.73. The Morgan fingerprint density at radius 2 is 2.28 bits per heavy atom.